The SMILES string of the molecule is CCc1ccc(CC)c(C(=O)C(Br)CC)c1. The van der Waals surface area contributed by atoms with E-state index in [-0.39, 0.29) is 10.6 Å². The number of carbonyl (C=O) groups is 1. The third-order valence-electron chi connectivity index (χ3n) is 2.87. The summed E-state index contributed by atoms with van der Waals surface area (Å²) in [5, 5.41) is 0. The van der Waals surface area contributed by atoms with Crippen molar-refractivity contribution in [3.63, 3.8) is 0 Å². The van der Waals surface area contributed by atoms with Gasteiger partial charge in [0.05, 0.1) is 4.83 Å². The second-order valence-corrected chi connectivity index (χ2v) is 5.04. The van der Waals surface area contributed by atoms with Crippen LogP contribution in [-0.4, -0.2) is 10.6 Å². The van der Waals surface area contributed by atoms with Crippen molar-refractivity contribution in [3.05, 3.63) is 34.9 Å². The second-order valence-electron chi connectivity index (χ2n) is 3.94. The molecule has 0 saturated carbocycles. The van der Waals surface area contributed by atoms with Gasteiger partial charge >= 0.3 is 0 Å². The predicted octanol–water partition coefficient (Wildman–Crippen LogP) is 4.17. The first kappa shape index (κ1) is 13.4. The Kier molecular flexibility index (Phi) is 5.20. The summed E-state index contributed by atoms with van der Waals surface area (Å²) in [5.74, 6) is 0.217. The molecule has 1 atom stereocenters. The van der Waals surface area contributed by atoms with Crippen LogP contribution in [0.4, 0.5) is 0 Å². The smallest absolute Gasteiger partial charge is 0.176 e. The minimum absolute atomic E-state index is 0.0510. The highest BCUT2D eigenvalue weighted by Crippen LogP contribution is 2.19. The summed E-state index contributed by atoms with van der Waals surface area (Å²) in [4.78, 5) is 12.1. The fraction of sp³-hybridized carbons (Fsp3) is 0.500. The summed E-state index contributed by atoms with van der Waals surface area (Å²) < 4.78 is 0. The topological polar surface area (TPSA) is 17.1 Å². The van der Waals surface area contributed by atoms with E-state index >= 15 is 0 Å². The van der Waals surface area contributed by atoms with E-state index in [1.54, 1.807) is 0 Å². The first-order valence-electron chi connectivity index (χ1n) is 5.94. The van der Waals surface area contributed by atoms with Crippen LogP contribution < -0.4 is 0 Å². The van der Waals surface area contributed by atoms with Crippen LogP contribution >= 0.6 is 15.9 Å². The lowest BCUT2D eigenvalue weighted by Crippen LogP contribution is -2.15. The molecule has 0 heterocycles. The Bertz CT molecular complexity index is 371. The molecule has 1 aromatic carbocycles. The van der Waals surface area contributed by atoms with Crippen LogP contribution in [0.15, 0.2) is 18.2 Å². The molecule has 0 amide bonds. The molecule has 2 heteroatoms. The number of benzene rings is 1. The van der Waals surface area contributed by atoms with Crippen molar-refractivity contribution in [1.82, 2.24) is 0 Å². The second kappa shape index (κ2) is 6.19. The molecule has 1 nitrogen and oxygen atoms in total. The monoisotopic (exact) mass is 282 g/mol. The van der Waals surface area contributed by atoms with Crippen LogP contribution in [-0.2, 0) is 12.8 Å². The van der Waals surface area contributed by atoms with Crippen molar-refractivity contribution in [1.29, 1.82) is 0 Å². The van der Waals surface area contributed by atoms with E-state index in [2.05, 4.69) is 41.9 Å². The van der Waals surface area contributed by atoms with Crippen LogP contribution in [0, 0.1) is 0 Å². The third-order valence-corrected chi connectivity index (χ3v) is 3.94. The zero-order chi connectivity index (χ0) is 12.1. The molecule has 0 aliphatic rings. The summed E-state index contributed by atoms with van der Waals surface area (Å²) >= 11 is 3.44. The average Bonchev–Trinajstić information content (AvgIpc) is 2.35. The molecule has 0 radical (unpaired) electrons. The fourth-order valence-electron chi connectivity index (χ4n) is 1.74. The van der Waals surface area contributed by atoms with Crippen LogP contribution in [0.3, 0.4) is 0 Å². The van der Waals surface area contributed by atoms with E-state index in [0.29, 0.717) is 0 Å². The van der Waals surface area contributed by atoms with Crippen molar-refractivity contribution in [3.8, 4) is 0 Å². The highest BCUT2D eigenvalue weighted by Gasteiger charge is 2.17. The van der Waals surface area contributed by atoms with Crippen molar-refractivity contribution in [2.75, 3.05) is 0 Å². The number of rotatable bonds is 5. The van der Waals surface area contributed by atoms with Crippen molar-refractivity contribution in [2.24, 2.45) is 0 Å². The predicted molar refractivity (Wildman–Crippen MR) is 72.5 cm³/mol. The lowest BCUT2D eigenvalue weighted by Gasteiger charge is -2.11. The van der Waals surface area contributed by atoms with Crippen molar-refractivity contribution in [2.45, 2.75) is 44.9 Å². The number of carbonyl (C=O) groups excluding carboxylic acids is 1. The Labute approximate surface area is 106 Å². The lowest BCUT2D eigenvalue weighted by atomic mass is 9.96. The van der Waals surface area contributed by atoms with E-state index in [4.69, 9.17) is 0 Å². The van der Waals surface area contributed by atoms with Crippen LogP contribution in [0.2, 0.25) is 0 Å². The molecule has 0 fully saturated rings. The molecule has 1 unspecified atom stereocenters. The minimum atomic E-state index is -0.0510. The zero-order valence-electron chi connectivity index (χ0n) is 10.2. The van der Waals surface area contributed by atoms with Crippen LogP contribution in [0.25, 0.3) is 0 Å². The van der Waals surface area contributed by atoms with E-state index in [0.717, 1.165) is 30.4 Å². The van der Waals surface area contributed by atoms with Crippen LogP contribution in [0.1, 0.15) is 48.7 Å². The van der Waals surface area contributed by atoms with E-state index < -0.39 is 0 Å². The Morgan fingerprint density at radius 1 is 1.25 bits per heavy atom. The molecule has 0 spiro atoms. The molecule has 88 valence electrons. The molecule has 16 heavy (non-hydrogen) atoms. The number of hydrogen-bond acceptors (Lipinski definition) is 1. The molecule has 0 saturated heterocycles. The molecular weight excluding hydrogens is 264 g/mol. The molecule has 0 aliphatic heterocycles. The number of halogens is 1. The van der Waals surface area contributed by atoms with Gasteiger partial charge in [-0.15, -0.1) is 0 Å². The Morgan fingerprint density at radius 3 is 2.44 bits per heavy atom. The minimum Gasteiger partial charge on any atom is -0.293 e. The summed E-state index contributed by atoms with van der Waals surface area (Å²) in [6.07, 6.45) is 2.72. The summed E-state index contributed by atoms with van der Waals surface area (Å²) in [6, 6.07) is 6.25. The first-order valence-corrected chi connectivity index (χ1v) is 6.85. The van der Waals surface area contributed by atoms with Gasteiger partial charge in [-0.25, -0.2) is 0 Å². The standard InChI is InChI=1S/C14H19BrO/c1-4-10-7-8-11(5-2)12(9-10)14(16)13(15)6-3/h7-9,13H,4-6H2,1-3H3. The normalized spacial score (nSPS) is 12.5. The van der Waals surface area contributed by atoms with Gasteiger partial charge in [0, 0.05) is 5.56 Å². The molecule has 0 aromatic heterocycles. The molecule has 1 aromatic rings. The van der Waals surface area contributed by atoms with Gasteiger partial charge in [0.15, 0.2) is 5.78 Å². The van der Waals surface area contributed by atoms with Gasteiger partial charge in [-0.1, -0.05) is 48.8 Å². The van der Waals surface area contributed by atoms with Gasteiger partial charge in [-0.2, -0.15) is 0 Å². The number of Topliss-reactive ketones (excluding diaryl/α,β-unsaturated/α-hetero) is 1. The maximum Gasteiger partial charge on any atom is 0.176 e. The van der Waals surface area contributed by atoms with Gasteiger partial charge in [0.25, 0.3) is 0 Å². The molecule has 1 rings (SSSR count). The summed E-state index contributed by atoms with van der Waals surface area (Å²) in [6.45, 7) is 6.22. The van der Waals surface area contributed by atoms with E-state index in [1.165, 1.54) is 5.56 Å². The highest BCUT2D eigenvalue weighted by molar-refractivity contribution is 9.10. The quantitative estimate of drug-likeness (QED) is 0.585. The largest absolute Gasteiger partial charge is 0.293 e. The number of ketones is 1. The number of hydrogen-bond donors (Lipinski definition) is 0. The van der Waals surface area contributed by atoms with Gasteiger partial charge < -0.3 is 0 Å². The number of alkyl halides is 1. The van der Waals surface area contributed by atoms with E-state index in [1.807, 2.05) is 13.0 Å². The average molecular weight is 283 g/mol. The number of aryl methyl sites for hydroxylation is 2. The lowest BCUT2D eigenvalue weighted by molar-refractivity contribution is 0.0989. The molecule has 0 bridgehead atoms. The van der Waals surface area contributed by atoms with Gasteiger partial charge in [-0.05, 0) is 36.5 Å². The molecule has 0 aliphatic carbocycles. The molecular formula is C14H19BrO. The van der Waals surface area contributed by atoms with Crippen LogP contribution in [0.5, 0.6) is 0 Å². The van der Waals surface area contributed by atoms with Gasteiger partial charge in [0.1, 0.15) is 0 Å². The van der Waals surface area contributed by atoms with E-state index in [9.17, 15) is 4.79 Å². The van der Waals surface area contributed by atoms with Crippen molar-refractivity contribution < 1.29 is 4.79 Å². The maximum absolute atomic E-state index is 12.2. The Morgan fingerprint density at radius 2 is 1.94 bits per heavy atom. The summed E-state index contributed by atoms with van der Waals surface area (Å²) in [5.41, 5.74) is 3.28. The van der Waals surface area contributed by atoms with Crippen molar-refractivity contribution >= 4 is 21.7 Å². The first-order chi connectivity index (χ1) is 7.63. The third kappa shape index (κ3) is 2.94. The maximum atomic E-state index is 12.2. The Balaban J connectivity index is 3.13. The molecule has 0 N–H and O–H groups in total. The fourth-order valence-corrected chi connectivity index (χ4v) is 1.98. The Hall–Kier alpha value is -0.630. The summed E-state index contributed by atoms with van der Waals surface area (Å²) in [7, 11) is 0. The van der Waals surface area contributed by atoms with Gasteiger partial charge in [-0.3, -0.25) is 4.79 Å². The van der Waals surface area contributed by atoms with Gasteiger partial charge in [0.2, 0.25) is 0 Å². The highest BCUT2D eigenvalue weighted by atomic mass is 79.9. The zero-order valence-corrected chi connectivity index (χ0v) is 11.8.